The summed E-state index contributed by atoms with van der Waals surface area (Å²) in [5.41, 5.74) is 0. The van der Waals surface area contributed by atoms with Gasteiger partial charge in [0.05, 0.1) is 6.61 Å². The Morgan fingerprint density at radius 3 is 1.37 bits per heavy atom. The van der Waals surface area contributed by atoms with Crippen LogP contribution in [0.4, 0.5) is 0 Å². The second-order valence-electron chi connectivity index (χ2n) is 14.0. The molecule has 8 nitrogen and oxygen atoms in total. The van der Waals surface area contributed by atoms with Crippen LogP contribution in [0.1, 0.15) is 200 Å². The number of allylic oxidation sites excluding steroid dienone is 6. The molecule has 0 fully saturated rings. The van der Waals surface area contributed by atoms with Crippen LogP contribution in [0.15, 0.2) is 36.5 Å². The highest BCUT2D eigenvalue weighted by molar-refractivity contribution is 7.46. The maximum atomic E-state index is 12.4. The Morgan fingerprint density at radius 1 is 0.510 bits per heavy atom. The van der Waals surface area contributed by atoms with E-state index < -0.39 is 32.5 Å². The molecule has 0 aliphatic rings. The Bertz CT molecular complexity index is 926. The average molecular weight is 741 g/mol. The van der Waals surface area contributed by atoms with Gasteiger partial charge in [0.2, 0.25) is 0 Å². The topological polar surface area (TPSA) is 119 Å². The molecular weight excluding hydrogens is 663 g/mol. The number of esters is 2. The number of phosphoric ester groups is 1. The summed E-state index contributed by atoms with van der Waals surface area (Å²) in [4.78, 5) is 42.8. The molecular formula is C42H77O8P. The standard InChI is InChI=1S/C42H77O8P/c1-3-5-7-9-11-13-15-17-19-20-21-22-23-25-27-29-31-33-35-37-42(44)50-40(39-49-51(45,46)47)38-48-41(43)36-34-32-30-28-26-24-18-16-14-12-10-8-6-4-2/h10,12,16,18,20-21,40H,3-9,11,13-15,17,19,22-39H2,1-2H3,(H2,45,46,47)/b12-10-,18-16-,21-20-/t40-/m1/s1. The number of hydrogen-bond acceptors (Lipinski definition) is 6. The molecule has 0 rings (SSSR count). The molecule has 1 atom stereocenters. The van der Waals surface area contributed by atoms with Crippen molar-refractivity contribution in [2.45, 2.75) is 206 Å². The van der Waals surface area contributed by atoms with Crippen molar-refractivity contribution in [3.8, 4) is 0 Å². The molecule has 0 bridgehead atoms. The van der Waals surface area contributed by atoms with E-state index >= 15 is 0 Å². The minimum Gasteiger partial charge on any atom is -0.462 e. The fraction of sp³-hybridized carbons (Fsp3) is 0.810. The second-order valence-corrected chi connectivity index (χ2v) is 15.2. The van der Waals surface area contributed by atoms with Crippen LogP contribution in [-0.4, -0.2) is 41.0 Å². The maximum absolute atomic E-state index is 12.4. The highest BCUT2D eigenvalue weighted by atomic mass is 31.2. The van der Waals surface area contributed by atoms with Crippen LogP contribution in [0.3, 0.4) is 0 Å². The fourth-order valence-corrected chi connectivity index (χ4v) is 6.10. The Balaban J connectivity index is 3.93. The van der Waals surface area contributed by atoms with Crippen molar-refractivity contribution in [3.63, 3.8) is 0 Å². The summed E-state index contributed by atoms with van der Waals surface area (Å²) in [6.45, 7) is 3.63. The SMILES string of the molecule is CCCC/C=C\C/C=C\CCCCCCCC(=O)OC[C@H](COP(=O)(O)O)OC(=O)CCCCCCCCC/C=C\CCCCCCCCCC. The van der Waals surface area contributed by atoms with Crippen molar-refractivity contribution in [2.75, 3.05) is 13.2 Å². The molecule has 0 aliphatic heterocycles. The molecule has 0 aromatic heterocycles. The van der Waals surface area contributed by atoms with Gasteiger partial charge in [-0.25, -0.2) is 4.57 Å². The van der Waals surface area contributed by atoms with E-state index in [0.717, 1.165) is 70.6 Å². The lowest BCUT2D eigenvalue weighted by atomic mass is 10.1. The van der Waals surface area contributed by atoms with Crippen LogP contribution >= 0.6 is 7.82 Å². The third-order valence-corrected chi connectivity index (χ3v) is 9.37. The molecule has 0 unspecified atom stereocenters. The van der Waals surface area contributed by atoms with Crippen molar-refractivity contribution in [1.29, 1.82) is 0 Å². The minimum absolute atomic E-state index is 0.204. The van der Waals surface area contributed by atoms with E-state index in [1.54, 1.807) is 0 Å². The summed E-state index contributed by atoms with van der Waals surface area (Å²) in [7, 11) is -4.76. The normalized spacial score (nSPS) is 12.8. The molecule has 298 valence electrons. The molecule has 0 amide bonds. The van der Waals surface area contributed by atoms with Crippen molar-refractivity contribution in [1.82, 2.24) is 0 Å². The second kappa shape index (κ2) is 38.0. The summed E-state index contributed by atoms with van der Waals surface area (Å²) in [5, 5.41) is 0. The quantitative estimate of drug-likeness (QED) is 0.0278. The number of unbranched alkanes of at least 4 members (excludes halogenated alkanes) is 22. The summed E-state index contributed by atoms with van der Waals surface area (Å²) in [6, 6.07) is 0. The van der Waals surface area contributed by atoms with E-state index in [9.17, 15) is 14.2 Å². The van der Waals surface area contributed by atoms with E-state index in [0.29, 0.717) is 12.8 Å². The lowest BCUT2D eigenvalue weighted by Gasteiger charge is -2.18. The predicted molar refractivity (Wildman–Crippen MR) is 211 cm³/mol. The number of hydrogen-bond donors (Lipinski definition) is 2. The first kappa shape index (κ1) is 49.3. The van der Waals surface area contributed by atoms with Crippen molar-refractivity contribution < 1.29 is 37.9 Å². The van der Waals surface area contributed by atoms with Gasteiger partial charge in [-0.15, -0.1) is 0 Å². The molecule has 0 heterocycles. The Kier molecular flexibility index (Phi) is 36.7. The van der Waals surface area contributed by atoms with Gasteiger partial charge < -0.3 is 19.3 Å². The van der Waals surface area contributed by atoms with E-state index in [2.05, 4.69) is 54.8 Å². The van der Waals surface area contributed by atoms with Gasteiger partial charge in [0.15, 0.2) is 6.10 Å². The number of carbonyl (C=O) groups is 2. The molecule has 0 spiro atoms. The smallest absolute Gasteiger partial charge is 0.462 e. The van der Waals surface area contributed by atoms with Gasteiger partial charge in [0, 0.05) is 12.8 Å². The van der Waals surface area contributed by atoms with Gasteiger partial charge in [-0.1, -0.05) is 159 Å². The fourth-order valence-electron chi connectivity index (χ4n) is 5.74. The lowest BCUT2D eigenvalue weighted by Crippen LogP contribution is -2.29. The van der Waals surface area contributed by atoms with Crippen LogP contribution in [-0.2, 0) is 28.2 Å². The third-order valence-electron chi connectivity index (χ3n) is 8.88. The molecule has 2 N–H and O–H groups in total. The van der Waals surface area contributed by atoms with Gasteiger partial charge in [-0.05, 0) is 64.2 Å². The van der Waals surface area contributed by atoms with E-state index in [4.69, 9.17) is 19.3 Å². The maximum Gasteiger partial charge on any atom is 0.469 e. The van der Waals surface area contributed by atoms with Gasteiger partial charge >= 0.3 is 19.8 Å². The molecule has 0 radical (unpaired) electrons. The zero-order valence-corrected chi connectivity index (χ0v) is 33.6. The average Bonchev–Trinajstić information content (AvgIpc) is 3.10. The first-order chi connectivity index (χ1) is 24.8. The number of carbonyl (C=O) groups excluding carboxylic acids is 2. The van der Waals surface area contributed by atoms with Crippen LogP contribution < -0.4 is 0 Å². The number of ether oxygens (including phenoxy) is 2. The minimum atomic E-state index is -4.76. The van der Waals surface area contributed by atoms with Crippen LogP contribution in [0.2, 0.25) is 0 Å². The zero-order valence-electron chi connectivity index (χ0n) is 32.8. The van der Waals surface area contributed by atoms with Gasteiger partial charge in [-0.3, -0.25) is 14.1 Å². The summed E-state index contributed by atoms with van der Waals surface area (Å²) in [6.07, 6.45) is 44.3. The number of rotatable bonds is 38. The van der Waals surface area contributed by atoms with Gasteiger partial charge in [0.25, 0.3) is 0 Å². The summed E-state index contributed by atoms with van der Waals surface area (Å²) >= 11 is 0. The van der Waals surface area contributed by atoms with Crippen molar-refractivity contribution in [3.05, 3.63) is 36.5 Å². The molecule has 0 saturated carbocycles. The van der Waals surface area contributed by atoms with Crippen molar-refractivity contribution in [2.24, 2.45) is 0 Å². The first-order valence-corrected chi connectivity index (χ1v) is 22.3. The molecule has 0 saturated heterocycles. The largest absolute Gasteiger partial charge is 0.469 e. The summed E-state index contributed by atoms with van der Waals surface area (Å²) in [5.74, 6) is -0.903. The zero-order chi connectivity index (χ0) is 37.5. The van der Waals surface area contributed by atoms with E-state index in [1.165, 1.54) is 89.9 Å². The summed E-state index contributed by atoms with van der Waals surface area (Å²) < 4.78 is 26.4. The Hall–Kier alpha value is -1.73. The molecule has 0 aliphatic carbocycles. The van der Waals surface area contributed by atoms with Crippen LogP contribution in [0, 0.1) is 0 Å². The molecule has 0 aromatic rings. The van der Waals surface area contributed by atoms with Crippen molar-refractivity contribution >= 4 is 19.8 Å². The Morgan fingerprint density at radius 2 is 0.902 bits per heavy atom. The Labute approximate surface area is 312 Å². The highest BCUT2D eigenvalue weighted by Gasteiger charge is 2.22. The van der Waals surface area contributed by atoms with Gasteiger partial charge in [0.1, 0.15) is 6.61 Å². The van der Waals surface area contributed by atoms with Gasteiger partial charge in [-0.2, -0.15) is 0 Å². The molecule has 0 aromatic carbocycles. The molecule has 9 heteroatoms. The molecule has 51 heavy (non-hydrogen) atoms. The van der Waals surface area contributed by atoms with E-state index in [-0.39, 0.29) is 19.4 Å². The number of phosphoric acid groups is 1. The monoisotopic (exact) mass is 741 g/mol. The lowest BCUT2D eigenvalue weighted by molar-refractivity contribution is -0.161. The third kappa shape index (κ3) is 40.9. The van der Waals surface area contributed by atoms with E-state index in [1.807, 2.05) is 0 Å². The van der Waals surface area contributed by atoms with Crippen LogP contribution in [0.25, 0.3) is 0 Å². The first-order valence-electron chi connectivity index (χ1n) is 20.8. The highest BCUT2D eigenvalue weighted by Crippen LogP contribution is 2.36. The van der Waals surface area contributed by atoms with Crippen LogP contribution in [0.5, 0.6) is 0 Å². The predicted octanol–water partition coefficient (Wildman–Crippen LogP) is 12.6.